The molecule has 1 aromatic heterocycles. The summed E-state index contributed by atoms with van der Waals surface area (Å²) in [7, 11) is 0. The van der Waals surface area contributed by atoms with E-state index in [1.54, 1.807) is 0 Å². The molecule has 2 nitrogen and oxygen atoms in total. The molecule has 17 heavy (non-hydrogen) atoms. The smallest absolute Gasteiger partial charge is 0.183 e. The molecule has 1 rings (SSSR count). The van der Waals surface area contributed by atoms with Crippen molar-refractivity contribution in [2.75, 3.05) is 18.6 Å². The fourth-order valence-corrected chi connectivity index (χ4v) is 2.69. The monoisotopic (exact) mass is 383 g/mol. The number of hydrogen-bond acceptors (Lipinski definition) is 3. The van der Waals surface area contributed by atoms with Gasteiger partial charge in [-0.25, -0.2) is 0 Å². The highest BCUT2D eigenvalue weighted by Crippen LogP contribution is 2.26. The minimum atomic E-state index is 0.770. The van der Waals surface area contributed by atoms with Gasteiger partial charge in [0.2, 0.25) is 0 Å². The quantitative estimate of drug-likeness (QED) is 0.618. The molecule has 0 spiro atoms. The van der Waals surface area contributed by atoms with Gasteiger partial charge in [0.25, 0.3) is 0 Å². The topological polar surface area (TPSA) is 25.2 Å². The summed E-state index contributed by atoms with van der Waals surface area (Å²) in [6, 6.07) is 2.00. The maximum absolute atomic E-state index is 5.48. The van der Waals surface area contributed by atoms with E-state index in [4.69, 9.17) is 4.42 Å². The number of unbranched alkanes of at least 4 members (excludes halogenated alkanes) is 3. The molecule has 0 amide bonds. The Hall–Kier alpha value is 0.550. The summed E-state index contributed by atoms with van der Waals surface area (Å²) in [4.78, 5) is 0. The highest BCUT2D eigenvalue weighted by Gasteiger charge is 2.04. The second kappa shape index (κ2) is 9.48. The van der Waals surface area contributed by atoms with Gasteiger partial charge >= 0.3 is 0 Å². The molecule has 98 valence electrons. The molecule has 0 aliphatic rings. The van der Waals surface area contributed by atoms with Crippen LogP contribution in [0.2, 0.25) is 0 Å². The van der Waals surface area contributed by atoms with Crippen LogP contribution in [-0.4, -0.2) is 18.6 Å². The summed E-state index contributed by atoms with van der Waals surface area (Å²) in [6.45, 7) is 1.87. The Morgan fingerprint density at radius 3 is 2.65 bits per heavy atom. The lowest BCUT2D eigenvalue weighted by Crippen LogP contribution is -2.14. The van der Waals surface area contributed by atoms with Gasteiger partial charge in [0, 0.05) is 0 Å². The fourth-order valence-electron chi connectivity index (χ4n) is 1.54. The van der Waals surface area contributed by atoms with Gasteiger partial charge in [0.15, 0.2) is 4.67 Å². The largest absolute Gasteiger partial charge is 0.452 e. The Kier molecular flexibility index (Phi) is 8.70. The second-order valence-electron chi connectivity index (χ2n) is 3.92. The zero-order valence-electron chi connectivity index (χ0n) is 10.1. The predicted octanol–water partition coefficient (Wildman–Crippen LogP) is 4.82. The first-order valence-corrected chi connectivity index (χ1v) is 8.85. The lowest BCUT2D eigenvalue weighted by atomic mass is 10.2. The van der Waals surface area contributed by atoms with Crippen molar-refractivity contribution in [2.24, 2.45) is 0 Å². The van der Waals surface area contributed by atoms with Crippen molar-refractivity contribution in [1.29, 1.82) is 0 Å². The first-order valence-electron chi connectivity index (χ1n) is 5.87. The molecule has 0 bridgehead atoms. The van der Waals surface area contributed by atoms with Crippen LogP contribution < -0.4 is 5.32 Å². The van der Waals surface area contributed by atoms with Gasteiger partial charge in [-0.3, -0.25) is 0 Å². The fraction of sp³-hybridized carbons (Fsp3) is 0.667. The van der Waals surface area contributed by atoms with Crippen LogP contribution in [0.1, 0.15) is 31.4 Å². The van der Waals surface area contributed by atoms with Crippen LogP contribution >= 0.6 is 43.6 Å². The lowest BCUT2D eigenvalue weighted by molar-refractivity contribution is 0.461. The molecule has 1 heterocycles. The summed E-state index contributed by atoms with van der Waals surface area (Å²) in [5, 5.41) is 3.39. The van der Waals surface area contributed by atoms with Crippen molar-refractivity contribution >= 4 is 43.6 Å². The molecule has 0 fully saturated rings. The predicted molar refractivity (Wildman–Crippen MR) is 82.7 cm³/mol. The van der Waals surface area contributed by atoms with E-state index in [-0.39, 0.29) is 0 Å². The van der Waals surface area contributed by atoms with E-state index in [0.717, 1.165) is 28.0 Å². The lowest BCUT2D eigenvalue weighted by Gasteiger charge is -2.02. The Labute approximate surface area is 125 Å². The van der Waals surface area contributed by atoms with E-state index in [9.17, 15) is 0 Å². The first-order chi connectivity index (χ1) is 8.24. The van der Waals surface area contributed by atoms with Gasteiger partial charge in [0.05, 0.1) is 11.0 Å². The van der Waals surface area contributed by atoms with Gasteiger partial charge < -0.3 is 9.73 Å². The number of hydrogen-bond donors (Lipinski definition) is 1. The first kappa shape index (κ1) is 15.6. The summed E-state index contributed by atoms with van der Waals surface area (Å²) >= 11 is 8.67. The third-order valence-corrected chi connectivity index (χ3v) is 4.85. The highest BCUT2D eigenvalue weighted by molar-refractivity contribution is 9.13. The number of nitrogens with one attached hydrogen (secondary N) is 1. The summed E-state index contributed by atoms with van der Waals surface area (Å²) in [5.41, 5.74) is 0. The number of rotatable bonds is 9. The van der Waals surface area contributed by atoms with Crippen LogP contribution in [0.25, 0.3) is 0 Å². The average Bonchev–Trinajstić information content (AvgIpc) is 2.62. The second-order valence-corrected chi connectivity index (χ2v) is 6.48. The number of furan rings is 1. The van der Waals surface area contributed by atoms with Crippen molar-refractivity contribution < 1.29 is 4.42 Å². The molecule has 0 unspecified atom stereocenters. The van der Waals surface area contributed by atoms with Crippen LogP contribution in [0.4, 0.5) is 0 Å². The molecular weight excluding hydrogens is 366 g/mol. The summed E-state index contributed by atoms with van der Waals surface area (Å²) in [5.74, 6) is 2.26. The molecule has 0 atom stereocenters. The Bertz CT molecular complexity index is 298. The average molecular weight is 385 g/mol. The van der Waals surface area contributed by atoms with Crippen LogP contribution in [-0.2, 0) is 6.54 Å². The van der Waals surface area contributed by atoms with E-state index in [0.29, 0.717) is 0 Å². The van der Waals surface area contributed by atoms with Crippen molar-refractivity contribution in [2.45, 2.75) is 32.2 Å². The Morgan fingerprint density at radius 2 is 2.00 bits per heavy atom. The van der Waals surface area contributed by atoms with Crippen molar-refractivity contribution in [1.82, 2.24) is 5.32 Å². The molecule has 0 saturated heterocycles. The zero-order valence-corrected chi connectivity index (χ0v) is 14.1. The van der Waals surface area contributed by atoms with Gasteiger partial charge in [0.1, 0.15) is 5.76 Å². The SMILES string of the molecule is CSCCCCCCNCc1cc(Br)c(Br)o1. The van der Waals surface area contributed by atoms with Gasteiger partial charge in [-0.05, 0) is 69.3 Å². The molecule has 0 aromatic carbocycles. The molecule has 1 N–H and O–H groups in total. The van der Waals surface area contributed by atoms with E-state index in [1.165, 1.54) is 31.4 Å². The molecular formula is C12H19Br2NOS. The molecule has 0 saturated carbocycles. The summed E-state index contributed by atoms with van der Waals surface area (Å²) in [6.07, 6.45) is 7.43. The normalized spacial score (nSPS) is 11.0. The van der Waals surface area contributed by atoms with E-state index in [1.807, 2.05) is 17.8 Å². The van der Waals surface area contributed by atoms with Crippen LogP contribution in [0, 0.1) is 0 Å². The van der Waals surface area contributed by atoms with E-state index < -0.39 is 0 Å². The van der Waals surface area contributed by atoms with Gasteiger partial charge in [-0.2, -0.15) is 11.8 Å². The van der Waals surface area contributed by atoms with Crippen molar-refractivity contribution in [3.05, 3.63) is 21.0 Å². The van der Waals surface area contributed by atoms with Gasteiger partial charge in [-0.15, -0.1) is 0 Å². The molecule has 0 aliphatic carbocycles. The number of halogens is 2. The molecule has 0 radical (unpaired) electrons. The third kappa shape index (κ3) is 6.89. The maximum atomic E-state index is 5.48. The number of thioether (sulfide) groups is 1. The molecule has 0 aliphatic heterocycles. The minimum Gasteiger partial charge on any atom is -0.452 e. The van der Waals surface area contributed by atoms with Crippen LogP contribution in [0.3, 0.4) is 0 Å². The highest BCUT2D eigenvalue weighted by atomic mass is 79.9. The van der Waals surface area contributed by atoms with Crippen LogP contribution in [0.5, 0.6) is 0 Å². The third-order valence-electron chi connectivity index (χ3n) is 2.45. The van der Waals surface area contributed by atoms with Crippen LogP contribution in [0.15, 0.2) is 19.6 Å². The van der Waals surface area contributed by atoms with Gasteiger partial charge in [-0.1, -0.05) is 12.8 Å². The molecule has 5 heteroatoms. The molecule has 1 aromatic rings. The Morgan fingerprint density at radius 1 is 1.24 bits per heavy atom. The Balaban J connectivity index is 1.97. The van der Waals surface area contributed by atoms with E-state index >= 15 is 0 Å². The maximum Gasteiger partial charge on any atom is 0.183 e. The van der Waals surface area contributed by atoms with E-state index in [2.05, 4.69) is 43.4 Å². The standard InChI is InChI=1S/C12H19Br2NOS/c1-17-7-5-3-2-4-6-15-9-10-8-11(13)12(14)16-10/h8,15H,2-7,9H2,1H3. The van der Waals surface area contributed by atoms with Crippen molar-refractivity contribution in [3.63, 3.8) is 0 Å². The van der Waals surface area contributed by atoms with Crippen molar-refractivity contribution in [3.8, 4) is 0 Å². The zero-order chi connectivity index (χ0) is 12.5. The minimum absolute atomic E-state index is 0.770. The summed E-state index contributed by atoms with van der Waals surface area (Å²) < 4.78 is 7.23.